The molecule has 0 amide bonds. The van der Waals surface area contributed by atoms with Crippen molar-refractivity contribution in [3.8, 4) is 11.1 Å². The molecule has 0 aromatic heterocycles. The van der Waals surface area contributed by atoms with Gasteiger partial charge in [-0.25, -0.2) is 17.6 Å². The molecule has 0 N–H and O–H groups in total. The average Bonchev–Trinajstić information content (AvgIpc) is 2.91. The summed E-state index contributed by atoms with van der Waals surface area (Å²) in [5, 5.41) is 0.185. The van der Waals surface area contributed by atoms with Crippen LogP contribution in [0.5, 0.6) is 0 Å². The number of aldehydes is 1. The average molecular weight is 503 g/mol. The highest BCUT2D eigenvalue weighted by Crippen LogP contribution is 2.42. The fourth-order valence-corrected chi connectivity index (χ4v) is 5.61. The van der Waals surface area contributed by atoms with Gasteiger partial charge in [0.05, 0.1) is 29.4 Å². The summed E-state index contributed by atoms with van der Waals surface area (Å²) in [5.41, 5.74) is 1.28. The molecule has 0 fully saturated rings. The molecular weight excluding hydrogens is 483 g/mol. The quantitative estimate of drug-likeness (QED) is 0.391. The van der Waals surface area contributed by atoms with Gasteiger partial charge in [-0.3, -0.25) is 0 Å². The lowest BCUT2D eigenvalue weighted by atomic mass is 10.0. The van der Waals surface area contributed by atoms with Crippen molar-refractivity contribution in [2.45, 2.75) is 10.9 Å². The first-order chi connectivity index (χ1) is 16.2. The number of ether oxygens (including phenoxy) is 1. The number of anilines is 2. The van der Waals surface area contributed by atoms with Gasteiger partial charge < -0.3 is 14.4 Å². The van der Waals surface area contributed by atoms with Crippen molar-refractivity contribution < 1.29 is 27.1 Å². The molecule has 1 heterocycles. The largest absolute Gasteiger partial charge is 0.465 e. The first-order valence-corrected chi connectivity index (χ1v) is 12.0. The van der Waals surface area contributed by atoms with Crippen LogP contribution in [0.2, 0.25) is 5.02 Å². The summed E-state index contributed by atoms with van der Waals surface area (Å²) in [6, 6.07) is 14.7. The van der Waals surface area contributed by atoms with E-state index in [-0.39, 0.29) is 27.6 Å². The van der Waals surface area contributed by atoms with Crippen LogP contribution < -0.4 is 4.90 Å². The summed E-state index contributed by atoms with van der Waals surface area (Å²) in [7, 11) is -1.64. The molecule has 3 aromatic rings. The van der Waals surface area contributed by atoms with Crippen molar-refractivity contribution >= 4 is 45.3 Å². The highest BCUT2D eigenvalue weighted by Gasteiger charge is 2.37. The van der Waals surface area contributed by atoms with Crippen LogP contribution in [0, 0.1) is 5.82 Å². The molecule has 176 valence electrons. The third-order valence-electron chi connectivity index (χ3n) is 5.74. The summed E-state index contributed by atoms with van der Waals surface area (Å²) in [5.74, 6) is -1.65. The number of para-hydroxylation sites is 1. The zero-order chi connectivity index (χ0) is 24.6. The monoisotopic (exact) mass is 502 g/mol. The summed E-state index contributed by atoms with van der Waals surface area (Å²) in [6.07, 6.45) is 0.588. The third-order valence-corrected chi connectivity index (χ3v) is 7.97. The summed E-state index contributed by atoms with van der Waals surface area (Å²) >= 11 is 6.59. The number of fused-ring (bicyclic) bond motifs is 1. The van der Waals surface area contributed by atoms with Gasteiger partial charge in [0.1, 0.15) is 17.0 Å². The first-order valence-electron chi connectivity index (χ1n) is 10.2. The van der Waals surface area contributed by atoms with E-state index in [2.05, 4.69) is 4.74 Å². The number of nitrogens with zero attached hydrogens (tertiary/aromatic N) is 2. The van der Waals surface area contributed by atoms with E-state index in [1.54, 1.807) is 29.2 Å². The van der Waals surface area contributed by atoms with Crippen LogP contribution in [-0.4, -0.2) is 51.7 Å². The van der Waals surface area contributed by atoms with Gasteiger partial charge in [-0.15, -0.1) is 0 Å². The minimum Gasteiger partial charge on any atom is -0.465 e. The number of benzene rings is 3. The Morgan fingerprint density at radius 2 is 1.85 bits per heavy atom. The highest BCUT2D eigenvalue weighted by molar-refractivity contribution is 7.89. The number of halogens is 2. The van der Waals surface area contributed by atoms with Crippen LogP contribution in [0.15, 0.2) is 65.6 Å². The molecule has 0 unspecified atom stereocenters. The Bertz CT molecular complexity index is 1380. The van der Waals surface area contributed by atoms with E-state index in [9.17, 15) is 22.4 Å². The van der Waals surface area contributed by atoms with Crippen molar-refractivity contribution in [1.82, 2.24) is 4.31 Å². The normalized spacial score (nSPS) is 17.5. The zero-order valence-electron chi connectivity index (χ0n) is 18.2. The van der Waals surface area contributed by atoms with E-state index in [1.807, 2.05) is 6.07 Å². The smallest absolute Gasteiger partial charge is 0.340 e. The van der Waals surface area contributed by atoms with Gasteiger partial charge in [0.25, 0.3) is 0 Å². The maximum atomic E-state index is 14.2. The Morgan fingerprint density at radius 1 is 1.15 bits per heavy atom. The molecule has 0 aliphatic carbocycles. The predicted molar refractivity (Wildman–Crippen MR) is 126 cm³/mol. The number of likely N-dealkylation sites (N-methyl/N-ethyl adjacent to an activating group) is 1. The maximum absolute atomic E-state index is 14.2. The Morgan fingerprint density at radius 3 is 2.50 bits per heavy atom. The fraction of sp³-hybridized carbons (Fsp3) is 0.167. The van der Waals surface area contributed by atoms with Crippen molar-refractivity contribution in [3.63, 3.8) is 0 Å². The van der Waals surface area contributed by atoms with Gasteiger partial charge in [-0.05, 0) is 42.0 Å². The van der Waals surface area contributed by atoms with E-state index in [0.717, 1.165) is 17.5 Å². The van der Waals surface area contributed by atoms with E-state index >= 15 is 0 Å². The lowest BCUT2D eigenvalue weighted by Gasteiger charge is -2.27. The Hall–Kier alpha value is -3.27. The predicted octanol–water partition coefficient (Wildman–Crippen LogP) is 4.27. The van der Waals surface area contributed by atoms with Gasteiger partial charge in [0.15, 0.2) is 0 Å². The molecule has 1 aliphatic heterocycles. The molecule has 1 aliphatic rings. The van der Waals surface area contributed by atoms with Gasteiger partial charge in [-0.2, -0.15) is 4.31 Å². The van der Waals surface area contributed by atoms with Crippen LogP contribution in [0.1, 0.15) is 10.4 Å². The molecule has 0 spiro atoms. The minimum atomic E-state index is -4.11. The molecule has 7 nitrogen and oxygen atoms in total. The number of hydrogen-bond donors (Lipinski definition) is 0. The summed E-state index contributed by atoms with van der Waals surface area (Å²) < 4.78 is 46.8. The molecule has 4 rings (SSSR count). The molecule has 0 saturated carbocycles. The van der Waals surface area contributed by atoms with Gasteiger partial charge in [-0.1, -0.05) is 35.9 Å². The van der Waals surface area contributed by atoms with Crippen LogP contribution in [0.4, 0.5) is 15.8 Å². The van der Waals surface area contributed by atoms with Crippen LogP contribution in [0.25, 0.3) is 11.1 Å². The van der Waals surface area contributed by atoms with Gasteiger partial charge >= 0.3 is 5.97 Å². The standard InChI is InChI=1S/C24H20ClFN2O5S/c1-27-17(14-29)13-28(16-6-4-3-5-7-16)22-12-20(25)18(11-23(22)34(27,31)32)15-8-9-21(26)19(10-15)24(30)33-2/h3-12,14,17H,13H2,1-2H3/t17-/m0/s1. The van der Waals surface area contributed by atoms with Gasteiger partial charge in [0, 0.05) is 24.8 Å². The van der Waals surface area contributed by atoms with E-state index in [1.165, 1.54) is 31.3 Å². The maximum Gasteiger partial charge on any atom is 0.340 e. The number of sulfonamides is 1. The minimum absolute atomic E-state index is 0.0773. The number of methoxy groups -OCH3 is 1. The van der Waals surface area contributed by atoms with Crippen molar-refractivity contribution in [2.24, 2.45) is 0 Å². The molecule has 10 heteroatoms. The summed E-state index contributed by atoms with van der Waals surface area (Å²) in [4.78, 5) is 25.4. The molecule has 3 aromatic carbocycles. The molecule has 0 bridgehead atoms. The van der Waals surface area contributed by atoms with Gasteiger partial charge in [0.2, 0.25) is 10.0 Å². The Balaban J connectivity index is 1.98. The number of carbonyl (C=O) groups is 2. The molecule has 0 saturated heterocycles. The van der Waals surface area contributed by atoms with Crippen LogP contribution in [0.3, 0.4) is 0 Å². The molecule has 0 radical (unpaired) electrons. The Labute approximate surface area is 201 Å². The number of hydrogen-bond acceptors (Lipinski definition) is 6. The van der Waals surface area contributed by atoms with Crippen LogP contribution >= 0.6 is 11.6 Å². The van der Waals surface area contributed by atoms with E-state index in [4.69, 9.17) is 11.6 Å². The number of rotatable bonds is 4. The SMILES string of the molecule is COC(=O)c1cc(-c2cc3c(cc2Cl)N(c2ccccc2)C[C@@H](C=O)N(C)S3(=O)=O)ccc1F. The molecule has 1 atom stereocenters. The number of esters is 1. The molecule has 34 heavy (non-hydrogen) atoms. The summed E-state index contributed by atoms with van der Waals surface area (Å²) in [6.45, 7) is 0.0783. The lowest BCUT2D eigenvalue weighted by Crippen LogP contribution is -2.41. The highest BCUT2D eigenvalue weighted by atomic mass is 35.5. The number of carbonyl (C=O) groups excluding carboxylic acids is 2. The van der Waals surface area contributed by atoms with Crippen molar-refractivity contribution in [1.29, 1.82) is 0 Å². The first kappa shape index (κ1) is 23.9. The second kappa shape index (κ2) is 9.17. The topological polar surface area (TPSA) is 84.0 Å². The van der Waals surface area contributed by atoms with E-state index in [0.29, 0.717) is 23.2 Å². The second-order valence-electron chi connectivity index (χ2n) is 7.66. The second-order valence-corrected chi connectivity index (χ2v) is 10.0. The molecular formula is C24H20ClFN2O5S. The van der Waals surface area contributed by atoms with E-state index < -0.39 is 27.9 Å². The zero-order valence-corrected chi connectivity index (χ0v) is 19.8. The van der Waals surface area contributed by atoms with Crippen molar-refractivity contribution in [3.05, 3.63) is 77.1 Å². The lowest BCUT2D eigenvalue weighted by molar-refractivity contribution is -0.110. The Kier molecular flexibility index (Phi) is 6.44. The fourth-order valence-electron chi connectivity index (χ4n) is 3.86. The van der Waals surface area contributed by atoms with Crippen LogP contribution in [-0.2, 0) is 19.6 Å². The van der Waals surface area contributed by atoms with Crippen molar-refractivity contribution in [2.75, 3.05) is 25.6 Å². The third kappa shape index (κ3) is 4.06.